The number of aryl methyl sites for hydroxylation is 1. The van der Waals surface area contributed by atoms with Gasteiger partial charge in [0.2, 0.25) is 0 Å². The van der Waals surface area contributed by atoms with Crippen LogP contribution in [0.4, 0.5) is 0 Å². The molecular formula is C14H19N7. The molecule has 0 saturated carbocycles. The Labute approximate surface area is 122 Å². The fourth-order valence-electron chi connectivity index (χ4n) is 2.55. The third kappa shape index (κ3) is 2.40. The maximum absolute atomic E-state index is 4.64. The van der Waals surface area contributed by atoms with Crippen LogP contribution in [0, 0.1) is 13.8 Å². The largest absolute Gasteiger partial charge is 0.340 e. The summed E-state index contributed by atoms with van der Waals surface area (Å²) in [6, 6.07) is 0. The predicted molar refractivity (Wildman–Crippen MR) is 80.5 cm³/mol. The van der Waals surface area contributed by atoms with Crippen molar-refractivity contribution in [2.75, 3.05) is 13.1 Å². The lowest BCUT2D eigenvalue weighted by Crippen LogP contribution is -2.16. The minimum absolute atomic E-state index is 0.654. The van der Waals surface area contributed by atoms with Crippen molar-refractivity contribution in [2.24, 2.45) is 0 Å². The van der Waals surface area contributed by atoms with Crippen LogP contribution in [-0.2, 0) is 6.42 Å². The number of hydrogen-bond donors (Lipinski definition) is 2. The normalized spacial score (nSPS) is 11.4. The molecule has 3 aromatic rings. The number of aromatic nitrogens is 6. The van der Waals surface area contributed by atoms with Crippen molar-refractivity contribution in [2.45, 2.75) is 27.2 Å². The molecule has 110 valence electrons. The van der Waals surface area contributed by atoms with Gasteiger partial charge < -0.3 is 10.3 Å². The van der Waals surface area contributed by atoms with E-state index >= 15 is 0 Å². The molecule has 0 aliphatic rings. The summed E-state index contributed by atoms with van der Waals surface area (Å²) in [5.74, 6) is 0.743. The maximum atomic E-state index is 4.64. The molecular weight excluding hydrogens is 266 g/mol. The summed E-state index contributed by atoms with van der Waals surface area (Å²) in [6.45, 7) is 8.15. The van der Waals surface area contributed by atoms with Crippen molar-refractivity contribution in [3.63, 3.8) is 0 Å². The van der Waals surface area contributed by atoms with Crippen molar-refractivity contribution in [1.82, 2.24) is 35.0 Å². The van der Waals surface area contributed by atoms with Gasteiger partial charge in [-0.15, -0.1) is 0 Å². The van der Waals surface area contributed by atoms with Gasteiger partial charge in [-0.3, -0.25) is 0 Å². The van der Waals surface area contributed by atoms with Crippen LogP contribution in [-0.4, -0.2) is 42.8 Å². The van der Waals surface area contributed by atoms with Crippen molar-refractivity contribution in [3.8, 4) is 5.82 Å². The number of nitrogens with zero attached hydrogens (tertiary/aromatic N) is 5. The molecule has 3 aromatic heterocycles. The van der Waals surface area contributed by atoms with Gasteiger partial charge in [0.25, 0.3) is 0 Å². The lowest BCUT2D eigenvalue weighted by atomic mass is 10.1. The van der Waals surface area contributed by atoms with Crippen LogP contribution in [0.5, 0.6) is 0 Å². The van der Waals surface area contributed by atoms with Crippen LogP contribution in [0.1, 0.15) is 23.9 Å². The monoisotopic (exact) mass is 285 g/mol. The SMILES string of the molecule is CCNCCc1c(C)nn(-c2ncnc3nc[nH]c23)c1C. The number of likely N-dealkylation sites (N-methyl/N-ethyl adjacent to an activating group) is 1. The molecule has 21 heavy (non-hydrogen) atoms. The molecule has 0 aliphatic carbocycles. The highest BCUT2D eigenvalue weighted by Gasteiger charge is 2.16. The van der Waals surface area contributed by atoms with E-state index in [1.165, 1.54) is 11.9 Å². The summed E-state index contributed by atoms with van der Waals surface area (Å²) in [5.41, 5.74) is 4.88. The number of imidazole rings is 1. The fourth-order valence-corrected chi connectivity index (χ4v) is 2.55. The number of fused-ring (bicyclic) bond motifs is 1. The summed E-state index contributed by atoms with van der Waals surface area (Å²) < 4.78 is 1.87. The molecule has 0 spiro atoms. The van der Waals surface area contributed by atoms with Crippen molar-refractivity contribution >= 4 is 11.2 Å². The Hall–Kier alpha value is -2.28. The molecule has 0 radical (unpaired) electrons. The van der Waals surface area contributed by atoms with Gasteiger partial charge in [0.05, 0.1) is 12.0 Å². The molecule has 0 aliphatic heterocycles. The van der Waals surface area contributed by atoms with Crippen LogP contribution in [0.25, 0.3) is 17.0 Å². The number of hydrogen-bond acceptors (Lipinski definition) is 5. The van der Waals surface area contributed by atoms with E-state index < -0.39 is 0 Å². The van der Waals surface area contributed by atoms with Gasteiger partial charge in [-0.25, -0.2) is 19.6 Å². The molecule has 0 fully saturated rings. The second-order valence-corrected chi connectivity index (χ2v) is 4.96. The Morgan fingerprint density at radius 2 is 2.10 bits per heavy atom. The molecule has 3 rings (SSSR count). The van der Waals surface area contributed by atoms with E-state index in [1.54, 1.807) is 6.33 Å². The second-order valence-electron chi connectivity index (χ2n) is 4.96. The average molecular weight is 285 g/mol. The molecule has 0 saturated heterocycles. The third-order valence-electron chi connectivity index (χ3n) is 3.65. The highest BCUT2D eigenvalue weighted by Crippen LogP contribution is 2.20. The lowest BCUT2D eigenvalue weighted by Gasteiger charge is -2.05. The summed E-state index contributed by atoms with van der Waals surface area (Å²) in [6.07, 6.45) is 4.11. The minimum Gasteiger partial charge on any atom is -0.340 e. The molecule has 0 atom stereocenters. The second kappa shape index (κ2) is 5.61. The number of aromatic amines is 1. The first-order valence-corrected chi connectivity index (χ1v) is 7.12. The van der Waals surface area contributed by atoms with E-state index in [1.807, 2.05) is 11.6 Å². The van der Waals surface area contributed by atoms with E-state index in [9.17, 15) is 0 Å². The first-order chi connectivity index (χ1) is 10.2. The molecule has 0 unspecified atom stereocenters. The first-order valence-electron chi connectivity index (χ1n) is 7.12. The van der Waals surface area contributed by atoms with Crippen LogP contribution >= 0.6 is 0 Å². The third-order valence-corrected chi connectivity index (χ3v) is 3.65. The first kappa shape index (κ1) is 13.7. The lowest BCUT2D eigenvalue weighted by molar-refractivity contribution is 0.712. The summed E-state index contributed by atoms with van der Waals surface area (Å²) in [5, 5.41) is 7.99. The van der Waals surface area contributed by atoms with Crippen molar-refractivity contribution in [3.05, 3.63) is 29.6 Å². The van der Waals surface area contributed by atoms with Gasteiger partial charge >= 0.3 is 0 Å². The van der Waals surface area contributed by atoms with Crippen molar-refractivity contribution in [1.29, 1.82) is 0 Å². The van der Waals surface area contributed by atoms with Gasteiger partial charge in [0.15, 0.2) is 11.5 Å². The number of nitrogens with one attached hydrogen (secondary N) is 2. The zero-order valence-corrected chi connectivity index (χ0v) is 12.5. The Morgan fingerprint density at radius 1 is 1.24 bits per heavy atom. The Bertz CT molecular complexity index is 756. The minimum atomic E-state index is 0.654. The zero-order valence-electron chi connectivity index (χ0n) is 12.5. The fraction of sp³-hybridized carbons (Fsp3) is 0.429. The van der Waals surface area contributed by atoms with Gasteiger partial charge in [-0.1, -0.05) is 6.92 Å². The Morgan fingerprint density at radius 3 is 2.90 bits per heavy atom. The van der Waals surface area contributed by atoms with Crippen LogP contribution < -0.4 is 5.32 Å². The average Bonchev–Trinajstić information content (AvgIpc) is 3.06. The molecule has 0 bridgehead atoms. The number of H-pyrrole nitrogens is 1. The van der Waals surface area contributed by atoms with Crippen LogP contribution in [0.15, 0.2) is 12.7 Å². The quantitative estimate of drug-likeness (QED) is 0.690. The molecule has 7 nitrogen and oxygen atoms in total. The highest BCUT2D eigenvalue weighted by atomic mass is 15.3. The molecule has 7 heteroatoms. The predicted octanol–water partition coefficient (Wildman–Crippen LogP) is 1.31. The van der Waals surface area contributed by atoms with E-state index in [4.69, 9.17) is 0 Å². The summed E-state index contributed by atoms with van der Waals surface area (Å²) in [7, 11) is 0. The Balaban J connectivity index is 2.03. The molecule has 3 heterocycles. The van der Waals surface area contributed by atoms with Crippen LogP contribution in [0.3, 0.4) is 0 Å². The van der Waals surface area contributed by atoms with Crippen LogP contribution in [0.2, 0.25) is 0 Å². The topological polar surface area (TPSA) is 84.3 Å². The zero-order chi connectivity index (χ0) is 14.8. The maximum Gasteiger partial charge on any atom is 0.182 e. The van der Waals surface area contributed by atoms with E-state index in [0.717, 1.165) is 42.2 Å². The Kier molecular flexibility index (Phi) is 3.66. The van der Waals surface area contributed by atoms with E-state index in [2.05, 4.69) is 44.2 Å². The van der Waals surface area contributed by atoms with Gasteiger partial charge in [0.1, 0.15) is 11.8 Å². The molecule has 0 amide bonds. The summed E-state index contributed by atoms with van der Waals surface area (Å²) in [4.78, 5) is 15.8. The smallest absolute Gasteiger partial charge is 0.182 e. The number of rotatable bonds is 5. The summed E-state index contributed by atoms with van der Waals surface area (Å²) >= 11 is 0. The van der Waals surface area contributed by atoms with Gasteiger partial charge in [-0.2, -0.15) is 5.10 Å². The van der Waals surface area contributed by atoms with Gasteiger partial charge in [-0.05, 0) is 38.9 Å². The van der Waals surface area contributed by atoms with Crippen molar-refractivity contribution < 1.29 is 0 Å². The standard InChI is InChI=1S/C14H19N7/c1-4-15-6-5-11-9(2)20-21(10(11)3)14-12-13(17-7-16-12)18-8-19-14/h7-8,15H,4-6H2,1-3H3,(H,16,17,18,19). The molecule has 0 aromatic carbocycles. The molecule has 2 N–H and O–H groups in total. The highest BCUT2D eigenvalue weighted by molar-refractivity contribution is 5.77. The van der Waals surface area contributed by atoms with E-state index in [-0.39, 0.29) is 0 Å². The van der Waals surface area contributed by atoms with Gasteiger partial charge in [0, 0.05) is 5.69 Å². The van der Waals surface area contributed by atoms with E-state index in [0.29, 0.717) is 5.65 Å².